The van der Waals surface area contributed by atoms with Gasteiger partial charge in [0.25, 0.3) is 5.91 Å². The average Bonchev–Trinajstić information content (AvgIpc) is 3.28. The molecule has 9 heteroatoms. The predicted octanol–water partition coefficient (Wildman–Crippen LogP) is 2.05. The molecule has 8 nitrogen and oxygen atoms in total. The fourth-order valence-electron chi connectivity index (χ4n) is 3.27. The van der Waals surface area contributed by atoms with Crippen LogP contribution in [0, 0.1) is 11.3 Å². The molecule has 1 fully saturated rings. The molecule has 1 aliphatic rings. The summed E-state index contributed by atoms with van der Waals surface area (Å²) in [7, 11) is -2.74. The Hall–Kier alpha value is -3.22. The number of rotatable bonds is 6. The first-order valence-electron chi connectivity index (χ1n) is 9.47. The van der Waals surface area contributed by atoms with Gasteiger partial charge in [0.15, 0.2) is 0 Å². The molecule has 0 spiro atoms. The van der Waals surface area contributed by atoms with Gasteiger partial charge in [-0.25, -0.2) is 8.42 Å². The summed E-state index contributed by atoms with van der Waals surface area (Å²) in [6, 6.07) is 14.2. The van der Waals surface area contributed by atoms with E-state index in [-0.39, 0.29) is 16.4 Å². The number of hydrogen-bond donors (Lipinski definition) is 1. The normalized spacial score (nSPS) is 13.8. The number of nitrogens with one attached hydrogen (secondary N) is 1. The van der Waals surface area contributed by atoms with E-state index in [1.54, 1.807) is 35.2 Å². The van der Waals surface area contributed by atoms with Crippen molar-refractivity contribution in [2.24, 2.45) is 0 Å². The highest BCUT2D eigenvalue weighted by Gasteiger charge is 2.26. The Morgan fingerprint density at radius 1 is 1.13 bits per heavy atom. The third kappa shape index (κ3) is 4.67. The maximum atomic E-state index is 12.7. The highest BCUT2D eigenvalue weighted by molar-refractivity contribution is 7.89. The van der Waals surface area contributed by atoms with E-state index in [1.807, 2.05) is 6.07 Å². The summed E-state index contributed by atoms with van der Waals surface area (Å²) in [4.78, 5) is 26.5. The molecule has 1 saturated heterocycles. The van der Waals surface area contributed by atoms with Crippen LogP contribution in [0.15, 0.2) is 53.4 Å². The molecule has 2 amide bonds. The molecule has 0 unspecified atom stereocenters. The van der Waals surface area contributed by atoms with Crippen LogP contribution in [0.3, 0.4) is 0 Å². The van der Waals surface area contributed by atoms with Crippen LogP contribution in [0.4, 0.5) is 5.69 Å². The van der Waals surface area contributed by atoms with Crippen LogP contribution in [0.25, 0.3) is 0 Å². The van der Waals surface area contributed by atoms with E-state index in [0.29, 0.717) is 11.3 Å². The smallest absolute Gasteiger partial charge is 0.253 e. The number of likely N-dealkylation sites (N-methyl/N-ethyl adjacent to an activating group) is 1. The zero-order valence-electron chi connectivity index (χ0n) is 16.5. The zero-order valence-corrected chi connectivity index (χ0v) is 17.4. The Labute approximate surface area is 175 Å². The van der Waals surface area contributed by atoms with Gasteiger partial charge in [-0.15, -0.1) is 0 Å². The summed E-state index contributed by atoms with van der Waals surface area (Å²) in [5, 5.41) is 11.8. The van der Waals surface area contributed by atoms with E-state index >= 15 is 0 Å². The Balaban J connectivity index is 1.69. The maximum absolute atomic E-state index is 12.7. The van der Waals surface area contributed by atoms with Gasteiger partial charge in [0.05, 0.1) is 17.0 Å². The molecule has 0 aromatic heterocycles. The van der Waals surface area contributed by atoms with E-state index in [1.165, 1.54) is 25.2 Å². The molecule has 0 aliphatic carbocycles. The van der Waals surface area contributed by atoms with Gasteiger partial charge >= 0.3 is 0 Å². The van der Waals surface area contributed by atoms with Gasteiger partial charge in [-0.05, 0) is 43.2 Å². The molecule has 0 atom stereocenters. The van der Waals surface area contributed by atoms with E-state index < -0.39 is 22.5 Å². The maximum Gasteiger partial charge on any atom is 0.253 e. The molecule has 0 saturated carbocycles. The molecule has 3 rings (SSSR count). The van der Waals surface area contributed by atoms with Gasteiger partial charge in [-0.3, -0.25) is 9.59 Å². The van der Waals surface area contributed by atoms with Gasteiger partial charge in [0, 0.05) is 31.4 Å². The number of carbonyl (C=O) groups excluding carboxylic acids is 2. The van der Waals surface area contributed by atoms with Crippen LogP contribution in [0.5, 0.6) is 0 Å². The standard InChI is InChI=1S/C21H22N4O4S/c1-24(30(28,29)19-10-3-2-7-17(19)14-22)15-20(26)23-18-9-6-8-16(13-18)21(27)25-11-4-5-12-25/h2-3,6-10,13H,4-5,11-12,15H2,1H3,(H,23,26). The number of likely N-dealkylation sites (tertiary alicyclic amines) is 1. The van der Waals surface area contributed by atoms with Crippen LogP contribution in [0.2, 0.25) is 0 Å². The van der Waals surface area contributed by atoms with E-state index in [4.69, 9.17) is 5.26 Å². The number of nitrogens with zero attached hydrogens (tertiary/aromatic N) is 3. The van der Waals surface area contributed by atoms with Crippen molar-refractivity contribution < 1.29 is 18.0 Å². The van der Waals surface area contributed by atoms with Crippen molar-refractivity contribution in [3.63, 3.8) is 0 Å². The van der Waals surface area contributed by atoms with Gasteiger partial charge in [-0.1, -0.05) is 18.2 Å². The number of nitriles is 1. The third-order valence-electron chi connectivity index (χ3n) is 4.85. The highest BCUT2D eigenvalue weighted by atomic mass is 32.2. The van der Waals surface area contributed by atoms with Crippen molar-refractivity contribution in [2.75, 3.05) is 32.0 Å². The lowest BCUT2D eigenvalue weighted by atomic mass is 10.1. The Morgan fingerprint density at radius 3 is 2.53 bits per heavy atom. The lowest BCUT2D eigenvalue weighted by molar-refractivity contribution is -0.116. The van der Waals surface area contributed by atoms with Gasteiger partial charge in [-0.2, -0.15) is 9.57 Å². The van der Waals surface area contributed by atoms with Crippen molar-refractivity contribution in [1.29, 1.82) is 5.26 Å². The molecule has 0 bridgehead atoms. The molecule has 0 radical (unpaired) electrons. The first-order chi connectivity index (χ1) is 14.3. The van der Waals surface area contributed by atoms with E-state index in [9.17, 15) is 18.0 Å². The highest BCUT2D eigenvalue weighted by Crippen LogP contribution is 2.19. The van der Waals surface area contributed by atoms with Gasteiger partial charge in [0.2, 0.25) is 15.9 Å². The van der Waals surface area contributed by atoms with E-state index in [2.05, 4.69) is 5.32 Å². The monoisotopic (exact) mass is 426 g/mol. The molecule has 2 aromatic carbocycles. The number of anilines is 1. The molecule has 30 heavy (non-hydrogen) atoms. The van der Waals surface area contributed by atoms with Crippen LogP contribution in [-0.4, -0.2) is 56.1 Å². The van der Waals surface area contributed by atoms with Crippen LogP contribution in [0.1, 0.15) is 28.8 Å². The number of carbonyl (C=O) groups is 2. The Bertz CT molecular complexity index is 1100. The topological polar surface area (TPSA) is 111 Å². The van der Waals surface area contributed by atoms with Crippen molar-refractivity contribution in [3.05, 3.63) is 59.7 Å². The molecule has 1 aliphatic heterocycles. The Kier molecular flexibility index (Phi) is 6.50. The van der Waals surface area contributed by atoms with Crippen LogP contribution in [-0.2, 0) is 14.8 Å². The number of amides is 2. The lowest BCUT2D eigenvalue weighted by Gasteiger charge is -2.18. The third-order valence-corrected chi connectivity index (χ3v) is 6.71. The van der Waals surface area contributed by atoms with Crippen LogP contribution < -0.4 is 5.32 Å². The van der Waals surface area contributed by atoms with Crippen LogP contribution >= 0.6 is 0 Å². The molecule has 1 heterocycles. The largest absolute Gasteiger partial charge is 0.339 e. The zero-order chi connectivity index (χ0) is 21.7. The van der Waals surface area contributed by atoms with Crippen molar-refractivity contribution in [2.45, 2.75) is 17.7 Å². The van der Waals surface area contributed by atoms with Crippen molar-refractivity contribution in [3.8, 4) is 6.07 Å². The van der Waals surface area contributed by atoms with E-state index in [0.717, 1.165) is 30.2 Å². The van der Waals surface area contributed by atoms with Crippen molar-refractivity contribution in [1.82, 2.24) is 9.21 Å². The molecule has 1 N–H and O–H groups in total. The Morgan fingerprint density at radius 2 is 1.83 bits per heavy atom. The van der Waals surface area contributed by atoms with Gasteiger partial charge in [0.1, 0.15) is 6.07 Å². The number of sulfonamides is 1. The fraction of sp³-hybridized carbons (Fsp3) is 0.286. The minimum absolute atomic E-state index is 0.0119. The summed E-state index contributed by atoms with van der Waals surface area (Å²) >= 11 is 0. The summed E-state index contributed by atoms with van der Waals surface area (Å²) in [5.41, 5.74) is 0.893. The quantitative estimate of drug-likeness (QED) is 0.760. The second-order valence-corrected chi connectivity index (χ2v) is 9.01. The second-order valence-electron chi connectivity index (χ2n) is 7.00. The minimum Gasteiger partial charge on any atom is -0.339 e. The first kappa shape index (κ1) is 21.5. The SMILES string of the molecule is CN(CC(=O)Nc1cccc(C(=O)N2CCCC2)c1)S(=O)(=O)c1ccccc1C#N. The lowest BCUT2D eigenvalue weighted by Crippen LogP contribution is -2.35. The summed E-state index contributed by atoms with van der Waals surface area (Å²) in [5.74, 6) is -0.641. The molecular formula is C21H22N4O4S. The molecular weight excluding hydrogens is 404 g/mol. The predicted molar refractivity (Wildman–Crippen MR) is 111 cm³/mol. The first-order valence-corrected chi connectivity index (χ1v) is 10.9. The fourth-order valence-corrected chi connectivity index (χ4v) is 4.54. The van der Waals surface area contributed by atoms with Crippen molar-refractivity contribution >= 4 is 27.5 Å². The summed E-state index contributed by atoms with van der Waals surface area (Å²) < 4.78 is 26.4. The second kappa shape index (κ2) is 9.07. The number of benzene rings is 2. The molecule has 2 aromatic rings. The summed E-state index contributed by atoms with van der Waals surface area (Å²) in [6.07, 6.45) is 1.97. The number of hydrogen-bond acceptors (Lipinski definition) is 5. The summed E-state index contributed by atoms with van der Waals surface area (Å²) in [6.45, 7) is 1.01. The average molecular weight is 426 g/mol. The molecule has 156 valence electrons. The minimum atomic E-state index is -4.01. The van der Waals surface area contributed by atoms with Gasteiger partial charge < -0.3 is 10.2 Å².